The summed E-state index contributed by atoms with van der Waals surface area (Å²) < 4.78 is 4.80. The van der Waals surface area contributed by atoms with E-state index < -0.39 is 11.9 Å². The number of hydrogen-bond acceptors (Lipinski definition) is 6. The normalized spacial score (nSPS) is 10.4. The van der Waals surface area contributed by atoms with Crippen molar-refractivity contribution < 1.29 is 24.5 Å². The molecule has 0 radical (unpaired) electrons. The molecule has 0 saturated heterocycles. The molecule has 2 aromatic rings. The van der Waals surface area contributed by atoms with Gasteiger partial charge in [0.2, 0.25) is 0 Å². The van der Waals surface area contributed by atoms with Crippen LogP contribution >= 0.6 is 11.3 Å². The fourth-order valence-electron chi connectivity index (χ4n) is 1.74. The van der Waals surface area contributed by atoms with Gasteiger partial charge in [0, 0.05) is 0 Å². The third-order valence-electron chi connectivity index (χ3n) is 2.67. The van der Waals surface area contributed by atoms with Crippen molar-refractivity contribution in [2.45, 2.75) is 13.8 Å². The average molecular weight is 307 g/mol. The Morgan fingerprint density at radius 2 is 2.10 bits per heavy atom. The van der Waals surface area contributed by atoms with E-state index in [1.807, 2.05) is 6.92 Å². The van der Waals surface area contributed by atoms with E-state index in [0.29, 0.717) is 5.56 Å². The highest BCUT2D eigenvalue weighted by atomic mass is 32.1. The second kappa shape index (κ2) is 5.92. The largest absolute Gasteiger partial charge is 0.507 e. The molecule has 0 unspecified atom stereocenters. The van der Waals surface area contributed by atoms with Crippen LogP contribution in [0.2, 0.25) is 0 Å². The van der Waals surface area contributed by atoms with Crippen molar-refractivity contribution in [1.29, 1.82) is 0 Å². The Bertz CT molecular complexity index is 707. The Morgan fingerprint density at radius 1 is 1.38 bits per heavy atom. The number of aromatic nitrogens is 1. The Morgan fingerprint density at radius 3 is 2.71 bits per heavy atom. The SMILES string of the molecule is CCOC(=O)c1nc(-c2cc(C)ccc2O)sc1C(=O)O. The lowest BCUT2D eigenvalue weighted by molar-refractivity contribution is 0.0509. The second-order valence-corrected chi connectivity index (χ2v) is 5.24. The van der Waals surface area contributed by atoms with E-state index in [1.165, 1.54) is 6.07 Å². The molecule has 2 rings (SSSR count). The van der Waals surface area contributed by atoms with Crippen molar-refractivity contribution in [3.8, 4) is 16.3 Å². The molecule has 0 amide bonds. The molecule has 6 nitrogen and oxygen atoms in total. The number of phenols is 1. The van der Waals surface area contributed by atoms with E-state index in [-0.39, 0.29) is 27.9 Å². The van der Waals surface area contributed by atoms with Crippen LogP contribution in [0, 0.1) is 6.92 Å². The number of esters is 1. The summed E-state index contributed by atoms with van der Waals surface area (Å²) in [6.07, 6.45) is 0. The fourth-order valence-corrected chi connectivity index (χ4v) is 2.66. The lowest BCUT2D eigenvalue weighted by Gasteiger charge is -2.02. The van der Waals surface area contributed by atoms with Crippen molar-refractivity contribution >= 4 is 23.3 Å². The van der Waals surface area contributed by atoms with Crippen LogP contribution in [0.25, 0.3) is 10.6 Å². The van der Waals surface area contributed by atoms with Crippen LogP contribution in [-0.2, 0) is 4.74 Å². The third kappa shape index (κ3) is 3.03. The molecular weight excluding hydrogens is 294 g/mol. The Labute approximate surface area is 124 Å². The third-order valence-corrected chi connectivity index (χ3v) is 3.75. The first-order valence-electron chi connectivity index (χ1n) is 6.15. The van der Waals surface area contributed by atoms with Gasteiger partial charge in [0.05, 0.1) is 12.2 Å². The number of rotatable bonds is 4. The Hall–Kier alpha value is -2.41. The molecule has 1 heterocycles. The zero-order chi connectivity index (χ0) is 15.6. The van der Waals surface area contributed by atoms with Gasteiger partial charge in [-0.15, -0.1) is 11.3 Å². The molecule has 0 aliphatic rings. The van der Waals surface area contributed by atoms with Gasteiger partial charge in [-0.05, 0) is 26.0 Å². The standard InChI is InChI=1S/C14H13NO5S/c1-3-20-14(19)10-11(13(17)18)21-12(15-10)8-6-7(2)4-5-9(8)16/h4-6,16H,3H2,1-2H3,(H,17,18). The van der Waals surface area contributed by atoms with Crippen molar-refractivity contribution in [2.24, 2.45) is 0 Å². The lowest BCUT2D eigenvalue weighted by Crippen LogP contribution is -2.10. The highest BCUT2D eigenvalue weighted by Crippen LogP contribution is 2.34. The van der Waals surface area contributed by atoms with Gasteiger partial charge in [-0.3, -0.25) is 0 Å². The quantitative estimate of drug-likeness (QED) is 0.843. The summed E-state index contributed by atoms with van der Waals surface area (Å²) in [5.74, 6) is -2.07. The Kier molecular flexibility index (Phi) is 4.23. The van der Waals surface area contributed by atoms with Gasteiger partial charge < -0.3 is 14.9 Å². The first kappa shape index (κ1) is 15.0. The summed E-state index contributed by atoms with van der Waals surface area (Å²) in [4.78, 5) is 26.8. The first-order chi connectivity index (χ1) is 9.93. The number of carbonyl (C=O) groups excluding carboxylic acids is 1. The van der Waals surface area contributed by atoms with Crippen LogP contribution in [0.5, 0.6) is 5.75 Å². The molecule has 0 bridgehead atoms. The van der Waals surface area contributed by atoms with E-state index in [9.17, 15) is 14.7 Å². The Balaban J connectivity index is 2.56. The number of ether oxygens (including phenoxy) is 1. The number of carboxylic acid groups (broad SMARTS) is 1. The summed E-state index contributed by atoms with van der Waals surface area (Å²) in [6, 6.07) is 4.89. The van der Waals surface area contributed by atoms with Crippen LogP contribution in [0.1, 0.15) is 32.6 Å². The van der Waals surface area contributed by atoms with Gasteiger partial charge >= 0.3 is 11.9 Å². The monoisotopic (exact) mass is 307 g/mol. The molecule has 2 N–H and O–H groups in total. The molecule has 0 fully saturated rings. The summed E-state index contributed by atoms with van der Waals surface area (Å²) in [5, 5.41) is 19.3. The number of phenolic OH excluding ortho intramolecular Hbond substituents is 1. The van der Waals surface area contributed by atoms with Gasteiger partial charge in [-0.25, -0.2) is 14.6 Å². The predicted octanol–water partition coefficient (Wildman–Crippen LogP) is 2.70. The van der Waals surface area contributed by atoms with E-state index in [0.717, 1.165) is 16.9 Å². The number of aromatic hydroxyl groups is 1. The van der Waals surface area contributed by atoms with Crippen LogP contribution in [0.3, 0.4) is 0 Å². The van der Waals surface area contributed by atoms with Crippen molar-refractivity contribution in [2.75, 3.05) is 6.61 Å². The van der Waals surface area contributed by atoms with Gasteiger partial charge in [-0.1, -0.05) is 11.6 Å². The summed E-state index contributed by atoms with van der Waals surface area (Å²) in [5.41, 5.74) is 1.02. The molecular formula is C14H13NO5S. The van der Waals surface area contributed by atoms with Gasteiger partial charge in [0.15, 0.2) is 5.69 Å². The maximum absolute atomic E-state index is 11.8. The van der Waals surface area contributed by atoms with E-state index in [2.05, 4.69) is 4.98 Å². The number of carbonyl (C=O) groups is 2. The highest BCUT2D eigenvalue weighted by Gasteiger charge is 2.25. The van der Waals surface area contributed by atoms with Gasteiger partial charge in [-0.2, -0.15) is 0 Å². The number of aryl methyl sites for hydroxylation is 1. The highest BCUT2D eigenvalue weighted by molar-refractivity contribution is 7.17. The summed E-state index contributed by atoms with van der Waals surface area (Å²) in [7, 11) is 0. The van der Waals surface area contributed by atoms with E-state index >= 15 is 0 Å². The van der Waals surface area contributed by atoms with Gasteiger partial charge in [0.25, 0.3) is 0 Å². The second-order valence-electron chi connectivity index (χ2n) is 4.24. The van der Waals surface area contributed by atoms with Crippen molar-refractivity contribution in [3.63, 3.8) is 0 Å². The molecule has 110 valence electrons. The average Bonchev–Trinajstić information content (AvgIpc) is 2.87. The smallest absolute Gasteiger partial charge is 0.358 e. The van der Waals surface area contributed by atoms with Crippen LogP contribution < -0.4 is 0 Å². The maximum Gasteiger partial charge on any atom is 0.358 e. The zero-order valence-electron chi connectivity index (χ0n) is 11.4. The molecule has 0 aliphatic heterocycles. The van der Waals surface area contributed by atoms with Crippen LogP contribution in [-0.4, -0.2) is 33.7 Å². The number of aromatic carboxylic acids is 1. The number of thiazole rings is 1. The first-order valence-corrected chi connectivity index (χ1v) is 6.97. The molecule has 1 aromatic carbocycles. The predicted molar refractivity (Wildman–Crippen MR) is 76.9 cm³/mol. The van der Waals surface area contributed by atoms with E-state index in [4.69, 9.17) is 9.84 Å². The molecule has 1 aromatic heterocycles. The topological polar surface area (TPSA) is 96.7 Å². The number of benzene rings is 1. The molecule has 21 heavy (non-hydrogen) atoms. The molecule has 0 aliphatic carbocycles. The summed E-state index contributed by atoms with van der Waals surface area (Å²) in [6.45, 7) is 3.58. The minimum absolute atomic E-state index is 0.0262. The molecule has 0 atom stereocenters. The minimum atomic E-state index is -1.26. The number of hydrogen-bond donors (Lipinski definition) is 2. The zero-order valence-corrected chi connectivity index (χ0v) is 12.2. The van der Waals surface area contributed by atoms with E-state index in [1.54, 1.807) is 19.1 Å². The van der Waals surface area contributed by atoms with Crippen molar-refractivity contribution in [3.05, 3.63) is 34.3 Å². The number of carboxylic acids is 1. The molecule has 0 saturated carbocycles. The summed E-state index contributed by atoms with van der Waals surface area (Å²) >= 11 is 0.826. The molecule has 0 spiro atoms. The van der Waals surface area contributed by atoms with Gasteiger partial charge in [0.1, 0.15) is 15.6 Å². The lowest BCUT2D eigenvalue weighted by atomic mass is 10.1. The maximum atomic E-state index is 11.8. The minimum Gasteiger partial charge on any atom is -0.507 e. The van der Waals surface area contributed by atoms with Crippen LogP contribution in [0.15, 0.2) is 18.2 Å². The van der Waals surface area contributed by atoms with Crippen molar-refractivity contribution in [1.82, 2.24) is 4.98 Å². The number of nitrogens with zero attached hydrogens (tertiary/aromatic N) is 1. The van der Waals surface area contributed by atoms with Crippen LogP contribution in [0.4, 0.5) is 0 Å². The fraction of sp³-hybridized carbons (Fsp3) is 0.214. The molecule has 7 heteroatoms.